The molecule has 120 valence electrons. The number of esters is 1. The maximum Gasteiger partial charge on any atom is 0.305 e. The number of hydrogen-bond donors (Lipinski definition) is 0. The predicted octanol–water partition coefficient (Wildman–Crippen LogP) is 2.11. The van der Waals surface area contributed by atoms with E-state index in [0.29, 0.717) is 25.9 Å². The van der Waals surface area contributed by atoms with E-state index in [1.165, 1.54) is 0 Å². The van der Waals surface area contributed by atoms with Crippen LogP contribution in [0.1, 0.15) is 39.5 Å². The smallest absolute Gasteiger partial charge is 0.305 e. The average Bonchev–Trinajstić information content (AvgIpc) is 2.44. The number of hydrogen-bond acceptors (Lipinski definition) is 6. The minimum Gasteiger partial charge on any atom is -0.466 e. The van der Waals surface area contributed by atoms with Crippen molar-refractivity contribution in [1.29, 1.82) is 0 Å². The summed E-state index contributed by atoms with van der Waals surface area (Å²) in [4.78, 5) is 11.3. The highest BCUT2D eigenvalue weighted by atomic mass is 16.7. The van der Waals surface area contributed by atoms with E-state index in [4.69, 9.17) is 23.7 Å². The van der Waals surface area contributed by atoms with Crippen LogP contribution in [0, 0.1) is 0 Å². The SMILES string of the molecule is CCOC(=O)CCC[C@@H](OCOC)[C@@H](CC)OCOC. The Morgan fingerprint density at radius 1 is 1.00 bits per heavy atom. The zero-order chi connectivity index (χ0) is 15.2. The van der Waals surface area contributed by atoms with Gasteiger partial charge >= 0.3 is 5.97 Å². The highest BCUT2D eigenvalue weighted by molar-refractivity contribution is 5.69. The lowest BCUT2D eigenvalue weighted by Crippen LogP contribution is -2.32. The van der Waals surface area contributed by atoms with E-state index in [9.17, 15) is 4.79 Å². The molecule has 0 fully saturated rings. The summed E-state index contributed by atoms with van der Waals surface area (Å²) in [6.07, 6.45) is 2.40. The van der Waals surface area contributed by atoms with Crippen molar-refractivity contribution in [2.24, 2.45) is 0 Å². The maximum absolute atomic E-state index is 11.3. The van der Waals surface area contributed by atoms with Crippen LogP contribution in [0.25, 0.3) is 0 Å². The highest BCUT2D eigenvalue weighted by Crippen LogP contribution is 2.16. The molecule has 0 unspecified atom stereocenters. The van der Waals surface area contributed by atoms with E-state index in [0.717, 1.165) is 6.42 Å². The molecule has 0 aromatic rings. The second kappa shape index (κ2) is 13.3. The van der Waals surface area contributed by atoms with Crippen molar-refractivity contribution in [2.45, 2.75) is 51.7 Å². The molecule has 20 heavy (non-hydrogen) atoms. The van der Waals surface area contributed by atoms with Crippen molar-refractivity contribution >= 4 is 5.97 Å². The van der Waals surface area contributed by atoms with Gasteiger partial charge in [-0.2, -0.15) is 0 Å². The second-order valence-corrected chi connectivity index (χ2v) is 4.33. The monoisotopic (exact) mass is 292 g/mol. The van der Waals surface area contributed by atoms with Gasteiger partial charge in [0.1, 0.15) is 13.6 Å². The highest BCUT2D eigenvalue weighted by Gasteiger charge is 2.22. The third-order valence-corrected chi connectivity index (χ3v) is 2.79. The van der Waals surface area contributed by atoms with Crippen LogP contribution in [0.15, 0.2) is 0 Å². The zero-order valence-corrected chi connectivity index (χ0v) is 13.1. The third-order valence-electron chi connectivity index (χ3n) is 2.79. The zero-order valence-electron chi connectivity index (χ0n) is 13.1. The lowest BCUT2D eigenvalue weighted by Gasteiger charge is -2.26. The van der Waals surface area contributed by atoms with Crippen LogP contribution >= 0.6 is 0 Å². The van der Waals surface area contributed by atoms with Crippen molar-refractivity contribution in [1.82, 2.24) is 0 Å². The van der Waals surface area contributed by atoms with Gasteiger partial charge in [-0.3, -0.25) is 4.79 Å². The average molecular weight is 292 g/mol. The van der Waals surface area contributed by atoms with E-state index in [-0.39, 0.29) is 31.8 Å². The quantitative estimate of drug-likeness (QED) is 0.383. The standard InChI is InChI=1S/C14H28O6/c1-5-12(19-10-16-3)13(20-11-17-4)8-7-9-14(15)18-6-2/h12-13H,5-11H2,1-4H3/t12-,13-/m1/s1. The molecule has 0 amide bonds. The summed E-state index contributed by atoms with van der Waals surface area (Å²) in [6.45, 7) is 4.67. The van der Waals surface area contributed by atoms with Crippen LogP contribution in [0.4, 0.5) is 0 Å². The van der Waals surface area contributed by atoms with E-state index in [1.807, 2.05) is 6.92 Å². The van der Waals surface area contributed by atoms with Crippen molar-refractivity contribution in [3.63, 3.8) is 0 Å². The topological polar surface area (TPSA) is 63.2 Å². The summed E-state index contributed by atoms with van der Waals surface area (Å²) in [5.74, 6) is -0.177. The number of methoxy groups -OCH3 is 2. The second-order valence-electron chi connectivity index (χ2n) is 4.33. The molecule has 0 aliphatic rings. The lowest BCUT2D eigenvalue weighted by molar-refractivity contribution is -0.160. The number of ether oxygens (including phenoxy) is 5. The van der Waals surface area contributed by atoms with E-state index < -0.39 is 0 Å². The Labute approximate surface area is 121 Å². The molecule has 6 nitrogen and oxygen atoms in total. The van der Waals surface area contributed by atoms with Gasteiger partial charge in [0.2, 0.25) is 0 Å². The fourth-order valence-electron chi connectivity index (χ4n) is 1.86. The third kappa shape index (κ3) is 9.25. The van der Waals surface area contributed by atoms with Gasteiger partial charge in [0.05, 0.1) is 18.8 Å². The van der Waals surface area contributed by atoms with E-state index in [2.05, 4.69) is 0 Å². The largest absolute Gasteiger partial charge is 0.466 e. The first-order chi connectivity index (χ1) is 9.69. The lowest BCUT2D eigenvalue weighted by atomic mass is 10.0. The predicted molar refractivity (Wildman–Crippen MR) is 74.3 cm³/mol. The summed E-state index contributed by atoms with van der Waals surface area (Å²) >= 11 is 0. The molecule has 0 rings (SSSR count). The molecule has 0 aliphatic carbocycles. The van der Waals surface area contributed by atoms with Crippen molar-refractivity contribution < 1.29 is 28.5 Å². The van der Waals surface area contributed by atoms with Crippen molar-refractivity contribution in [3.8, 4) is 0 Å². The Morgan fingerprint density at radius 3 is 2.10 bits per heavy atom. The first-order valence-corrected chi connectivity index (χ1v) is 7.06. The molecule has 0 radical (unpaired) electrons. The van der Waals surface area contributed by atoms with Gasteiger partial charge in [0.15, 0.2) is 0 Å². The number of carbonyl (C=O) groups excluding carboxylic acids is 1. The Kier molecular flexibility index (Phi) is 12.8. The molecule has 6 heteroatoms. The van der Waals surface area contributed by atoms with E-state index in [1.54, 1.807) is 21.1 Å². The van der Waals surface area contributed by atoms with E-state index >= 15 is 0 Å². The maximum atomic E-state index is 11.3. The fraction of sp³-hybridized carbons (Fsp3) is 0.929. The van der Waals surface area contributed by atoms with Gasteiger partial charge < -0.3 is 23.7 Å². The summed E-state index contributed by atoms with van der Waals surface area (Å²) in [7, 11) is 3.16. The minimum atomic E-state index is -0.177. The molecular weight excluding hydrogens is 264 g/mol. The van der Waals surface area contributed by atoms with Crippen LogP contribution < -0.4 is 0 Å². The molecule has 0 N–H and O–H groups in total. The number of rotatable bonds is 13. The van der Waals surface area contributed by atoms with Gasteiger partial charge in [-0.05, 0) is 26.2 Å². The Hall–Kier alpha value is -0.690. The molecule has 0 saturated heterocycles. The van der Waals surface area contributed by atoms with Crippen LogP contribution in [-0.2, 0) is 28.5 Å². The summed E-state index contributed by atoms with van der Waals surface area (Å²) < 4.78 is 26.0. The molecule has 0 aliphatic heterocycles. The van der Waals surface area contributed by atoms with Crippen molar-refractivity contribution in [3.05, 3.63) is 0 Å². The molecule has 0 saturated carbocycles. The van der Waals surface area contributed by atoms with Crippen LogP contribution in [0.2, 0.25) is 0 Å². The Bertz CT molecular complexity index is 234. The van der Waals surface area contributed by atoms with Crippen LogP contribution in [0.3, 0.4) is 0 Å². The molecule has 0 spiro atoms. The first kappa shape index (κ1) is 19.3. The normalized spacial score (nSPS) is 14.0. The fourth-order valence-corrected chi connectivity index (χ4v) is 1.86. The van der Waals surface area contributed by atoms with Gasteiger partial charge in [-0.1, -0.05) is 6.92 Å². The van der Waals surface area contributed by atoms with Gasteiger partial charge in [0.25, 0.3) is 0 Å². The molecule has 0 bridgehead atoms. The first-order valence-electron chi connectivity index (χ1n) is 7.06. The van der Waals surface area contributed by atoms with Gasteiger partial charge in [0, 0.05) is 20.6 Å². The van der Waals surface area contributed by atoms with Crippen LogP contribution in [-0.4, -0.2) is 52.6 Å². The Balaban J connectivity index is 4.19. The Morgan fingerprint density at radius 2 is 1.60 bits per heavy atom. The van der Waals surface area contributed by atoms with Crippen LogP contribution in [0.5, 0.6) is 0 Å². The van der Waals surface area contributed by atoms with Gasteiger partial charge in [-0.25, -0.2) is 0 Å². The van der Waals surface area contributed by atoms with Crippen molar-refractivity contribution in [2.75, 3.05) is 34.4 Å². The molecule has 0 heterocycles. The minimum absolute atomic E-state index is 0.0766. The molecule has 0 aromatic carbocycles. The summed E-state index contributed by atoms with van der Waals surface area (Å²) in [5.41, 5.74) is 0. The molecule has 2 atom stereocenters. The summed E-state index contributed by atoms with van der Waals surface area (Å²) in [5, 5.41) is 0. The number of carbonyl (C=O) groups is 1. The molecule has 0 aromatic heterocycles. The molecular formula is C14H28O6. The summed E-state index contributed by atoms with van der Waals surface area (Å²) in [6, 6.07) is 0. The van der Waals surface area contributed by atoms with Gasteiger partial charge in [-0.15, -0.1) is 0 Å².